The third kappa shape index (κ3) is 5.32. The van der Waals surface area contributed by atoms with Crippen molar-refractivity contribution >= 4 is 23.2 Å². The van der Waals surface area contributed by atoms with Crippen LogP contribution in [0.2, 0.25) is 0 Å². The summed E-state index contributed by atoms with van der Waals surface area (Å²) in [6.07, 6.45) is 2.32. The first-order valence-electron chi connectivity index (χ1n) is 12.7. The summed E-state index contributed by atoms with van der Waals surface area (Å²) in [4.78, 5) is 34.0. The number of amides is 2. The molecule has 1 atom stereocenters. The van der Waals surface area contributed by atoms with Crippen molar-refractivity contribution < 1.29 is 14.3 Å². The average Bonchev–Trinajstić information content (AvgIpc) is 3.27. The molecule has 0 aliphatic carbocycles. The second kappa shape index (κ2) is 11.3. The molecule has 5 rings (SSSR count). The first kappa shape index (κ1) is 24.5. The molecule has 0 radical (unpaired) electrons. The third-order valence-electron chi connectivity index (χ3n) is 7.25. The summed E-state index contributed by atoms with van der Waals surface area (Å²) in [5.41, 5.74) is 3.29. The van der Waals surface area contributed by atoms with Gasteiger partial charge in [-0.2, -0.15) is 0 Å². The fourth-order valence-electron chi connectivity index (χ4n) is 5.34. The van der Waals surface area contributed by atoms with Gasteiger partial charge in [-0.3, -0.25) is 14.5 Å². The van der Waals surface area contributed by atoms with Crippen LogP contribution in [-0.4, -0.2) is 72.9 Å². The van der Waals surface area contributed by atoms with Gasteiger partial charge in [-0.25, -0.2) is 0 Å². The zero-order valence-electron chi connectivity index (χ0n) is 20.8. The number of rotatable bonds is 6. The molecule has 3 heterocycles. The van der Waals surface area contributed by atoms with Crippen LogP contribution >= 0.6 is 11.3 Å². The Bertz CT molecular complexity index is 1200. The van der Waals surface area contributed by atoms with Crippen LogP contribution in [0.1, 0.15) is 45.2 Å². The first-order valence-corrected chi connectivity index (χ1v) is 13.6. The third-order valence-corrected chi connectivity index (χ3v) is 8.24. The summed E-state index contributed by atoms with van der Waals surface area (Å²) in [5.74, 6) is 0.843. The van der Waals surface area contributed by atoms with Gasteiger partial charge in [-0.1, -0.05) is 36.4 Å². The minimum Gasteiger partial charge on any atom is -0.497 e. The predicted molar refractivity (Wildman–Crippen MR) is 143 cm³/mol. The van der Waals surface area contributed by atoms with Crippen molar-refractivity contribution in [1.29, 1.82) is 0 Å². The van der Waals surface area contributed by atoms with Gasteiger partial charge in [0.2, 0.25) is 5.91 Å². The Balaban J connectivity index is 1.20. The number of carbonyl (C=O) groups is 2. The van der Waals surface area contributed by atoms with E-state index in [1.165, 1.54) is 16.0 Å². The Morgan fingerprint density at radius 2 is 1.75 bits per heavy atom. The quantitative estimate of drug-likeness (QED) is 0.498. The van der Waals surface area contributed by atoms with Gasteiger partial charge in [0.05, 0.1) is 13.2 Å². The number of hydrogen-bond acceptors (Lipinski definition) is 5. The van der Waals surface area contributed by atoms with Gasteiger partial charge < -0.3 is 14.5 Å². The van der Waals surface area contributed by atoms with Crippen LogP contribution in [-0.2, 0) is 11.2 Å². The van der Waals surface area contributed by atoms with Crippen molar-refractivity contribution in [3.05, 3.63) is 87.6 Å². The van der Waals surface area contributed by atoms with E-state index < -0.39 is 0 Å². The predicted octanol–water partition coefficient (Wildman–Crippen LogP) is 4.47. The summed E-state index contributed by atoms with van der Waals surface area (Å²) in [6.45, 7) is 4.17. The van der Waals surface area contributed by atoms with Gasteiger partial charge >= 0.3 is 0 Å². The summed E-state index contributed by atoms with van der Waals surface area (Å²) >= 11 is 1.84. The zero-order chi connectivity index (χ0) is 24.9. The minimum atomic E-state index is -0.00575. The molecule has 6 nitrogen and oxygen atoms in total. The summed E-state index contributed by atoms with van der Waals surface area (Å²) < 4.78 is 5.27. The van der Waals surface area contributed by atoms with Gasteiger partial charge in [0.15, 0.2) is 0 Å². The molecule has 1 aromatic heterocycles. The van der Waals surface area contributed by atoms with E-state index >= 15 is 0 Å². The second-order valence-electron chi connectivity index (χ2n) is 9.41. The highest BCUT2D eigenvalue weighted by atomic mass is 32.1. The Kier molecular flexibility index (Phi) is 7.68. The van der Waals surface area contributed by atoms with Crippen LogP contribution in [0.15, 0.2) is 66.0 Å². The molecule has 2 aromatic carbocycles. The molecule has 1 fully saturated rings. The summed E-state index contributed by atoms with van der Waals surface area (Å²) in [7, 11) is 1.60. The van der Waals surface area contributed by atoms with Crippen LogP contribution in [0.25, 0.3) is 0 Å². The van der Waals surface area contributed by atoms with Crippen LogP contribution in [0.5, 0.6) is 5.75 Å². The van der Waals surface area contributed by atoms with E-state index in [0.717, 1.165) is 25.9 Å². The van der Waals surface area contributed by atoms with Crippen molar-refractivity contribution in [3.8, 4) is 5.75 Å². The number of thiophene rings is 1. The van der Waals surface area contributed by atoms with Crippen molar-refractivity contribution in [2.45, 2.75) is 25.3 Å². The number of methoxy groups -OCH3 is 1. The zero-order valence-corrected chi connectivity index (χ0v) is 21.6. The molecule has 188 valence electrons. The molecule has 2 aliphatic rings. The Hall–Kier alpha value is -3.16. The highest BCUT2D eigenvalue weighted by molar-refractivity contribution is 7.10. The topological polar surface area (TPSA) is 53.1 Å². The van der Waals surface area contributed by atoms with Gasteiger partial charge in [0, 0.05) is 56.1 Å². The van der Waals surface area contributed by atoms with Crippen molar-refractivity contribution in [3.63, 3.8) is 0 Å². The normalized spacial score (nSPS) is 18.4. The van der Waals surface area contributed by atoms with E-state index in [4.69, 9.17) is 4.74 Å². The van der Waals surface area contributed by atoms with E-state index in [-0.39, 0.29) is 17.9 Å². The molecule has 0 bridgehead atoms. The van der Waals surface area contributed by atoms with Crippen molar-refractivity contribution in [2.24, 2.45) is 0 Å². The maximum absolute atomic E-state index is 13.2. The summed E-state index contributed by atoms with van der Waals surface area (Å²) in [5, 5.41) is 2.19. The number of carbonyl (C=O) groups excluding carboxylic acids is 2. The van der Waals surface area contributed by atoms with Crippen molar-refractivity contribution in [1.82, 2.24) is 14.7 Å². The first-order chi connectivity index (χ1) is 17.6. The lowest BCUT2D eigenvalue weighted by Crippen LogP contribution is -2.40. The molecule has 1 saturated heterocycles. The van der Waals surface area contributed by atoms with E-state index in [2.05, 4.69) is 46.7 Å². The largest absolute Gasteiger partial charge is 0.497 e. The lowest BCUT2D eigenvalue weighted by atomic mass is 9.93. The number of hydrogen-bond donors (Lipinski definition) is 0. The molecule has 0 saturated carbocycles. The highest BCUT2D eigenvalue weighted by Crippen LogP contribution is 2.37. The highest BCUT2D eigenvalue weighted by Gasteiger charge is 2.30. The molecule has 0 spiro atoms. The fraction of sp³-hybridized carbons (Fsp3) is 0.379. The Morgan fingerprint density at radius 1 is 0.944 bits per heavy atom. The molecular weight excluding hydrogens is 470 g/mol. The SMILES string of the molecule is COc1cccc(C(=O)N2CCCN(C(=O)CCN3CCc4sccc4[C@H]3c3ccccc3)CC2)c1. The van der Waals surface area contributed by atoms with E-state index in [1.54, 1.807) is 13.2 Å². The molecule has 3 aromatic rings. The van der Waals surface area contributed by atoms with Crippen LogP contribution < -0.4 is 4.74 Å². The molecule has 36 heavy (non-hydrogen) atoms. The maximum Gasteiger partial charge on any atom is 0.254 e. The maximum atomic E-state index is 13.2. The smallest absolute Gasteiger partial charge is 0.254 e. The number of fused-ring (bicyclic) bond motifs is 1. The van der Waals surface area contributed by atoms with Gasteiger partial charge in [-0.15, -0.1) is 11.3 Å². The monoisotopic (exact) mass is 503 g/mol. The van der Waals surface area contributed by atoms with Crippen LogP contribution in [0.3, 0.4) is 0 Å². The Morgan fingerprint density at radius 3 is 2.58 bits per heavy atom. The fourth-order valence-corrected chi connectivity index (χ4v) is 6.24. The van der Waals surface area contributed by atoms with E-state index in [0.29, 0.717) is 43.9 Å². The second-order valence-corrected chi connectivity index (χ2v) is 10.4. The average molecular weight is 504 g/mol. The molecule has 0 unspecified atom stereocenters. The van der Waals surface area contributed by atoms with Crippen molar-refractivity contribution in [2.75, 3.05) is 46.4 Å². The van der Waals surface area contributed by atoms with E-state index in [9.17, 15) is 9.59 Å². The molecule has 7 heteroatoms. The lowest BCUT2D eigenvalue weighted by molar-refractivity contribution is -0.131. The Labute approximate surface area is 217 Å². The molecule has 2 aliphatic heterocycles. The number of benzene rings is 2. The minimum absolute atomic E-state index is 0.00575. The molecule has 0 N–H and O–H groups in total. The van der Waals surface area contributed by atoms with Gasteiger partial charge in [-0.05, 0) is 53.6 Å². The van der Waals surface area contributed by atoms with Crippen LogP contribution in [0, 0.1) is 0 Å². The molecular formula is C29H33N3O3S. The molecule has 2 amide bonds. The van der Waals surface area contributed by atoms with E-state index in [1.807, 2.05) is 39.3 Å². The lowest BCUT2D eigenvalue weighted by Gasteiger charge is -2.36. The summed E-state index contributed by atoms with van der Waals surface area (Å²) in [6, 6.07) is 20.3. The standard InChI is InChI=1S/C29H33N3O3S/c1-35-24-10-5-9-23(21-24)29(34)32-15-6-14-30(18-19-32)27(33)12-17-31-16-11-26-25(13-20-36-26)28(31)22-7-3-2-4-8-22/h2-5,7-10,13,20-21,28H,6,11-12,14-19H2,1H3/t28-/m1/s1. The number of nitrogens with zero attached hydrogens (tertiary/aromatic N) is 3. The van der Waals surface area contributed by atoms with Gasteiger partial charge in [0.1, 0.15) is 5.75 Å². The van der Waals surface area contributed by atoms with Gasteiger partial charge in [0.25, 0.3) is 5.91 Å². The van der Waals surface area contributed by atoms with Crippen LogP contribution in [0.4, 0.5) is 0 Å². The number of ether oxygens (including phenoxy) is 1.